The molecule has 0 atom stereocenters. The van der Waals surface area contributed by atoms with Gasteiger partial charge in [-0.15, -0.1) is 0 Å². The molecule has 1 aliphatic carbocycles. The third kappa shape index (κ3) is 5.51. The number of nitrogens with zero attached hydrogens (tertiary/aromatic N) is 2. The standard InChI is InChI=1S/C21H34N4O2/c1-3-22-21(23-15-16-8-9-20(27-2)19(26)14-16)24-17-10-12-25(13-11-17)18-6-4-5-7-18/h8-9,14,17-18,26H,3-7,10-13,15H2,1-2H3,(H2,22,23,24). The number of piperidine rings is 1. The molecule has 3 rings (SSSR count). The summed E-state index contributed by atoms with van der Waals surface area (Å²) in [6, 6.07) is 6.73. The molecule has 0 spiro atoms. The van der Waals surface area contributed by atoms with Crippen molar-refractivity contribution < 1.29 is 9.84 Å². The summed E-state index contributed by atoms with van der Waals surface area (Å²) in [4.78, 5) is 7.39. The number of rotatable bonds is 6. The van der Waals surface area contributed by atoms with Crippen LogP contribution in [-0.2, 0) is 6.54 Å². The molecule has 6 nitrogen and oxygen atoms in total. The minimum atomic E-state index is 0.155. The Hall–Kier alpha value is -1.95. The number of hydrogen-bond donors (Lipinski definition) is 3. The molecule has 1 saturated carbocycles. The van der Waals surface area contributed by atoms with Gasteiger partial charge >= 0.3 is 0 Å². The summed E-state index contributed by atoms with van der Waals surface area (Å²) in [5, 5.41) is 16.9. The number of likely N-dealkylation sites (tertiary alicyclic amines) is 1. The molecule has 0 unspecified atom stereocenters. The zero-order valence-corrected chi connectivity index (χ0v) is 16.7. The minimum Gasteiger partial charge on any atom is -0.504 e. The molecular formula is C21H34N4O2. The van der Waals surface area contributed by atoms with Gasteiger partial charge in [-0.25, -0.2) is 4.99 Å². The van der Waals surface area contributed by atoms with E-state index in [1.165, 1.54) is 51.6 Å². The molecule has 0 amide bonds. The number of guanidine groups is 1. The van der Waals surface area contributed by atoms with Gasteiger partial charge in [0.1, 0.15) is 0 Å². The average Bonchev–Trinajstić information content (AvgIpc) is 3.22. The maximum absolute atomic E-state index is 9.93. The summed E-state index contributed by atoms with van der Waals surface area (Å²) in [5.41, 5.74) is 0.960. The largest absolute Gasteiger partial charge is 0.504 e. The Morgan fingerprint density at radius 1 is 1.22 bits per heavy atom. The molecule has 2 aliphatic rings. The van der Waals surface area contributed by atoms with Crippen molar-refractivity contribution >= 4 is 5.96 Å². The van der Waals surface area contributed by atoms with E-state index < -0.39 is 0 Å². The minimum absolute atomic E-state index is 0.155. The highest BCUT2D eigenvalue weighted by atomic mass is 16.5. The lowest BCUT2D eigenvalue weighted by Gasteiger charge is -2.36. The number of phenols is 1. The highest BCUT2D eigenvalue weighted by Crippen LogP contribution is 2.27. The van der Waals surface area contributed by atoms with Gasteiger partial charge in [0.15, 0.2) is 17.5 Å². The van der Waals surface area contributed by atoms with E-state index in [-0.39, 0.29) is 5.75 Å². The molecule has 150 valence electrons. The fourth-order valence-electron chi connectivity index (χ4n) is 4.20. The van der Waals surface area contributed by atoms with Gasteiger partial charge in [0.25, 0.3) is 0 Å². The highest BCUT2D eigenvalue weighted by Gasteiger charge is 2.27. The Morgan fingerprint density at radius 2 is 1.96 bits per heavy atom. The van der Waals surface area contributed by atoms with E-state index in [2.05, 4.69) is 22.5 Å². The predicted octanol–water partition coefficient (Wildman–Crippen LogP) is 2.86. The van der Waals surface area contributed by atoms with Crippen LogP contribution in [0, 0.1) is 0 Å². The van der Waals surface area contributed by atoms with Gasteiger partial charge < -0.3 is 25.4 Å². The second kappa shape index (κ2) is 9.83. The van der Waals surface area contributed by atoms with Crippen LogP contribution >= 0.6 is 0 Å². The quantitative estimate of drug-likeness (QED) is 0.528. The Bertz CT molecular complexity index is 621. The van der Waals surface area contributed by atoms with Crippen molar-refractivity contribution in [3.8, 4) is 11.5 Å². The van der Waals surface area contributed by atoms with Crippen molar-refractivity contribution in [2.75, 3.05) is 26.7 Å². The fraction of sp³-hybridized carbons (Fsp3) is 0.667. The van der Waals surface area contributed by atoms with Crippen LogP contribution in [0.1, 0.15) is 51.0 Å². The van der Waals surface area contributed by atoms with Crippen LogP contribution in [0.2, 0.25) is 0 Å². The molecule has 1 aliphatic heterocycles. The SMILES string of the molecule is CCNC(=NCc1ccc(OC)c(O)c1)NC1CCN(C2CCCC2)CC1. The van der Waals surface area contributed by atoms with E-state index in [9.17, 15) is 5.11 Å². The van der Waals surface area contributed by atoms with Crippen molar-refractivity contribution in [1.82, 2.24) is 15.5 Å². The van der Waals surface area contributed by atoms with Crippen molar-refractivity contribution in [3.05, 3.63) is 23.8 Å². The zero-order valence-electron chi connectivity index (χ0n) is 16.7. The monoisotopic (exact) mass is 374 g/mol. The summed E-state index contributed by atoms with van der Waals surface area (Å²) in [6.07, 6.45) is 7.92. The van der Waals surface area contributed by atoms with Crippen molar-refractivity contribution in [2.45, 2.75) is 64.1 Å². The Morgan fingerprint density at radius 3 is 2.59 bits per heavy atom. The summed E-state index contributed by atoms with van der Waals surface area (Å²) in [7, 11) is 1.55. The maximum atomic E-state index is 9.93. The zero-order chi connectivity index (χ0) is 19.1. The number of aromatic hydroxyl groups is 1. The first-order chi connectivity index (χ1) is 13.2. The summed E-state index contributed by atoms with van der Waals surface area (Å²) < 4.78 is 5.10. The maximum Gasteiger partial charge on any atom is 0.191 e. The Kier molecular flexibility index (Phi) is 7.21. The number of phenolic OH excluding ortho intramolecular Hbond substituents is 1. The van der Waals surface area contributed by atoms with Gasteiger partial charge in [0.05, 0.1) is 13.7 Å². The summed E-state index contributed by atoms with van der Waals surface area (Å²) in [6.45, 7) is 5.82. The van der Waals surface area contributed by atoms with Gasteiger partial charge in [-0.05, 0) is 50.3 Å². The van der Waals surface area contributed by atoms with Crippen LogP contribution in [0.25, 0.3) is 0 Å². The lowest BCUT2D eigenvalue weighted by molar-refractivity contribution is 0.150. The molecule has 1 saturated heterocycles. The average molecular weight is 375 g/mol. The number of nitrogens with one attached hydrogen (secondary N) is 2. The molecule has 0 radical (unpaired) electrons. The first-order valence-electron chi connectivity index (χ1n) is 10.3. The lowest BCUT2D eigenvalue weighted by Crippen LogP contribution is -2.50. The van der Waals surface area contributed by atoms with Crippen LogP contribution < -0.4 is 15.4 Å². The van der Waals surface area contributed by atoms with Crippen LogP contribution in [0.15, 0.2) is 23.2 Å². The first-order valence-corrected chi connectivity index (χ1v) is 10.3. The topological polar surface area (TPSA) is 69.1 Å². The Balaban J connectivity index is 1.52. The van der Waals surface area contributed by atoms with Gasteiger partial charge in [0, 0.05) is 31.7 Å². The van der Waals surface area contributed by atoms with E-state index in [1.54, 1.807) is 19.2 Å². The molecule has 27 heavy (non-hydrogen) atoms. The molecule has 3 N–H and O–H groups in total. The summed E-state index contributed by atoms with van der Waals surface area (Å²) >= 11 is 0. The molecule has 1 heterocycles. The van der Waals surface area contributed by atoms with E-state index in [1.807, 2.05) is 6.07 Å². The molecule has 1 aromatic rings. The van der Waals surface area contributed by atoms with Crippen LogP contribution in [0.3, 0.4) is 0 Å². The Labute approximate surface area is 163 Å². The second-order valence-corrected chi connectivity index (χ2v) is 7.59. The number of benzene rings is 1. The molecule has 0 bridgehead atoms. The van der Waals surface area contributed by atoms with Crippen molar-refractivity contribution in [3.63, 3.8) is 0 Å². The number of aliphatic imine (C=N–C) groups is 1. The van der Waals surface area contributed by atoms with E-state index in [4.69, 9.17) is 9.73 Å². The second-order valence-electron chi connectivity index (χ2n) is 7.59. The van der Waals surface area contributed by atoms with Gasteiger partial charge in [-0.2, -0.15) is 0 Å². The molecule has 1 aromatic carbocycles. The van der Waals surface area contributed by atoms with Crippen LogP contribution in [-0.4, -0.2) is 54.8 Å². The fourth-order valence-corrected chi connectivity index (χ4v) is 4.20. The molecule has 2 fully saturated rings. The molecule has 0 aromatic heterocycles. The number of ether oxygens (including phenoxy) is 1. The smallest absolute Gasteiger partial charge is 0.191 e. The predicted molar refractivity (Wildman–Crippen MR) is 109 cm³/mol. The highest BCUT2D eigenvalue weighted by molar-refractivity contribution is 5.80. The van der Waals surface area contributed by atoms with Gasteiger partial charge in [-0.1, -0.05) is 18.9 Å². The van der Waals surface area contributed by atoms with Crippen LogP contribution in [0.4, 0.5) is 0 Å². The van der Waals surface area contributed by atoms with E-state index in [0.29, 0.717) is 18.3 Å². The lowest BCUT2D eigenvalue weighted by atomic mass is 10.0. The normalized spacial score (nSPS) is 20.0. The van der Waals surface area contributed by atoms with E-state index >= 15 is 0 Å². The number of methoxy groups -OCH3 is 1. The third-order valence-corrected chi connectivity index (χ3v) is 5.72. The molecule has 6 heteroatoms. The van der Waals surface area contributed by atoms with Crippen LogP contribution in [0.5, 0.6) is 11.5 Å². The van der Waals surface area contributed by atoms with E-state index in [0.717, 1.165) is 24.1 Å². The van der Waals surface area contributed by atoms with Gasteiger partial charge in [-0.3, -0.25) is 0 Å². The van der Waals surface area contributed by atoms with Crippen molar-refractivity contribution in [1.29, 1.82) is 0 Å². The molecular weight excluding hydrogens is 340 g/mol. The third-order valence-electron chi connectivity index (χ3n) is 5.72. The van der Waals surface area contributed by atoms with Gasteiger partial charge in [0.2, 0.25) is 0 Å². The first kappa shape index (κ1) is 19.8. The number of hydrogen-bond acceptors (Lipinski definition) is 4. The summed E-state index contributed by atoms with van der Waals surface area (Å²) in [5.74, 6) is 1.50. The van der Waals surface area contributed by atoms with Crippen molar-refractivity contribution in [2.24, 2.45) is 4.99 Å².